The van der Waals surface area contributed by atoms with Crippen LogP contribution in [0.25, 0.3) is 21.8 Å². The number of aliphatic hydroxyl groups is 1. The molecule has 0 aliphatic heterocycles. The highest BCUT2D eigenvalue weighted by Gasteiger charge is 2.13. The zero-order valence-electron chi connectivity index (χ0n) is 12.9. The number of fused-ring (bicyclic) bond motifs is 3. The van der Waals surface area contributed by atoms with Gasteiger partial charge in [0.25, 0.3) is 0 Å². The Balaban J connectivity index is 1.85. The predicted octanol–water partition coefficient (Wildman–Crippen LogP) is 1.37. The van der Waals surface area contributed by atoms with E-state index in [1.54, 1.807) is 7.11 Å². The van der Waals surface area contributed by atoms with Crippen LogP contribution in [0.5, 0.6) is 0 Å². The van der Waals surface area contributed by atoms with E-state index in [0.29, 0.717) is 19.7 Å². The Morgan fingerprint density at radius 1 is 1.05 bits per heavy atom. The zero-order chi connectivity index (χ0) is 15.4. The average Bonchev–Trinajstić information content (AvgIpc) is 2.87. The number of aliphatic hydroxyl groups excluding tert-OH is 1. The van der Waals surface area contributed by atoms with Gasteiger partial charge in [-0.05, 0) is 12.1 Å². The van der Waals surface area contributed by atoms with Crippen molar-refractivity contribution in [2.45, 2.75) is 12.6 Å². The van der Waals surface area contributed by atoms with E-state index in [9.17, 15) is 5.11 Å². The summed E-state index contributed by atoms with van der Waals surface area (Å²) in [6.07, 6.45) is -0.379. The van der Waals surface area contributed by atoms with E-state index < -0.39 is 0 Å². The number of ether oxygens (including phenoxy) is 1. The molecule has 3 rings (SSSR count). The van der Waals surface area contributed by atoms with Gasteiger partial charge in [-0.15, -0.1) is 0 Å². The Morgan fingerprint density at radius 2 is 1.64 bits per heavy atom. The maximum Gasteiger partial charge on any atom is 0.121 e. The second kappa shape index (κ2) is 6.92. The van der Waals surface area contributed by atoms with Crippen LogP contribution in [0.3, 0.4) is 0 Å². The molecule has 1 atom stereocenters. The molecule has 0 amide bonds. The molecule has 0 saturated carbocycles. The monoisotopic (exact) mass is 299 g/mol. The van der Waals surface area contributed by atoms with Crippen molar-refractivity contribution < 1.29 is 15.2 Å². The number of benzene rings is 2. The minimum absolute atomic E-state index is 0.379. The third-order valence-corrected chi connectivity index (χ3v) is 4.04. The Hall–Kier alpha value is -1.88. The van der Waals surface area contributed by atoms with Gasteiger partial charge < -0.3 is 19.7 Å². The van der Waals surface area contributed by atoms with E-state index >= 15 is 0 Å². The van der Waals surface area contributed by atoms with Gasteiger partial charge in [0.2, 0.25) is 0 Å². The molecule has 0 radical (unpaired) electrons. The number of quaternary nitrogens is 1. The Labute approximate surface area is 130 Å². The summed E-state index contributed by atoms with van der Waals surface area (Å²) in [7, 11) is 1.70. The number of rotatable bonds is 7. The van der Waals surface area contributed by atoms with Gasteiger partial charge in [0, 0.05) is 28.9 Å². The lowest BCUT2D eigenvalue weighted by atomic mass is 10.2. The van der Waals surface area contributed by atoms with Gasteiger partial charge in [0.15, 0.2) is 0 Å². The molecular weight excluding hydrogens is 276 g/mol. The standard InChI is InChI=1S/C18H22N2O2/c1-22-11-10-19-12-14(21)13-20-17-8-4-2-6-15(17)16-7-3-5-9-18(16)20/h2-9,14,19,21H,10-13H2,1H3/p+1/t14-/m1/s1. The third kappa shape index (κ3) is 2.99. The first-order chi connectivity index (χ1) is 10.8. The van der Waals surface area contributed by atoms with E-state index in [4.69, 9.17) is 4.74 Å². The smallest absolute Gasteiger partial charge is 0.121 e. The molecular formula is C18H23N2O2+. The van der Waals surface area contributed by atoms with Crippen molar-refractivity contribution in [3.8, 4) is 0 Å². The van der Waals surface area contributed by atoms with Crippen molar-refractivity contribution in [2.24, 2.45) is 0 Å². The van der Waals surface area contributed by atoms with Crippen LogP contribution in [-0.4, -0.2) is 42.6 Å². The van der Waals surface area contributed by atoms with Crippen molar-refractivity contribution >= 4 is 21.8 Å². The predicted molar refractivity (Wildman–Crippen MR) is 89.0 cm³/mol. The Morgan fingerprint density at radius 3 is 2.23 bits per heavy atom. The number of nitrogens with zero attached hydrogens (tertiary/aromatic N) is 1. The maximum absolute atomic E-state index is 10.3. The number of hydrogen-bond acceptors (Lipinski definition) is 2. The fraction of sp³-hybridized carbons (Fsp3) is 0.333. The molecule has 116 valence electrons. The van der Waals surface area contributed by atoms with Crippen molar-refractivity contribution in [2.75, 3.05) is 26.8 Å². The SMILES string of the molecule is COCC[NH2+]C[C@@H](O)Cn1c2ccccc2c2ccccc21. The lowest BCUT2D eigenvalue weighted by Crippen LogP contribution is -2.87. The molecule has 3 N–H and O–H groups in total. The summed E-state index contributed by atoms with van der Waals surface area (Å²) in [5.41, 5.74) is 2.36. The van der Waals surface area contributed by atoms with Crippen molar-refractivity contribution in [3.63, 3.8) is 0 Å². The average molecular weight is 299 g/mol. The van der Waals surface area contributed by atoms with Crippen LogP contribution in [0.4, 0.5) is 0 Å². The molecule has 2 aromatic carbocycles. The summed E-state index contributed by atoms with van der Waals surface area (Å²) in [5, 5.41) is 14.9. The van der Waals surface area contributed by atoms with E-state index in [1.807, 2.05) is 0 Å². The lowest BCUT2D eigenvalue weighted by Gasteiger charge is -2.13. The van der Waals surface area contributed by atoms with Crippen LogP contribution < -0.4 is 5.32 Å². The van der Waals surface area contributed by atoms with Gasteiger partial charge in [-0.1, -0.05) is 36.4 Å². The summed E-state index contributed by atoms with van der Waals surface area (Å²) >= 11 is 0. The molecule has 0 unspecified atom stereocenters. The van der Waals surface area contributed by atoms with Crippen molar-refractivity contribution in [1.82, 2.24) is 4.57 Å². The van der Waals surface area contributed by atoms with E-state index in [-0.39, 0.29) is 6.10 Å². The molecule has 1 aromatic heterocycles. The summed E-state index contributed by atoms with van der Waals surface area (Å²) in [6, 6.07) is 16.8. The van der Waals surface area contributed by atoms with Crippen LogP contribution in [-0.2, 0) is 11.3 Å². The van der Waals surface area contributed by atoms with Crippen LogP contribution in [0, 0.1) is 0 Å². The van der Waals surface area contributed by atoms with Gasteiger partial charge in [-0.25, -0.2) is 0 Å². The molecule has 1 heterocycles. The lowest BCUT2D eigenvalue weighted by molar-refractivity contribution is -0.662. The first kappa shape index (κ1) is 15.0. The largest absolute Gasteiger partial charge is 0.385 e. The molecule has 4 nitrogen and oxygen atoms in total. The number of hydrogen-bond donors (Lipinski definition) is 2. The number of nitrogens with two attached hydrogens (primary N) is 1. The quantitative estimate of drug-likeness (QED) is 0.647. The normalized spacial score (nSPS) is 13.0. The second-order valence-corrected chi connectivity index (χ2v) is 5.60. The highest BCUT2D eigenvalue weighted by molar-refractivity contribution is 6.07. The first-order valence-corrected chi connectivity index (χ1v) is 7.76. The Kier molecular flexibility index (Phi) is 4.73. The molecule has 0 saturated heterocycles. The van der Waals surface area contributed by atoms with Crippen LogP contribution in [0.2, 0.25) is 0 Å². The molecule has 0 spiro atoms. The van der Waals surface area contributed by atoms with Gasteiger partial charge in [0.1, 0.15) is 12.6 Å². The molecule has 0 aliphatic rings. The van der Waals surface area contributed by atoms with Crippen molar-refractivity contribution in [3.05, 3.63) is 48.5 Å². The van der Waals surface area contributed by atoms with Crippen LogP contribution in [0.15, 0.2) is 48.5 Å². The highest BCUT2D eigenvalue weighted by atomic mass is 16.5. The van der Waals surface area contributed by atoms with Crippen LogP contribution >= 0.6 is 0 Å². The summed E-state index contributed by atoms with van der Waals surface area (Å²) in [5.74, 6) is 0. The summed E-state index contributed by atoms with van der Waals surface area (Å²) in [4.78, 5) is 0. The molecule has 0 bridgehead atoms. The van der Waals surface area contributed by atoms with Gasteiger partial charge in [-0.2, -0.15) is 0 Å². The van der Waals surface area contributed by atoms with Crippen LogP contribution in [0.1, 0.15) is 0 Å². The topological polar surface area (TPSA) is 51.0 Å². The highest BCUT2D eigenvalue weighted by Crippen LogP contribution is 2.28. The molecule has 3 aromatic rings. The summed E-state index contributed by atoms with van der Waals surface area (Å²) < 4.78 is 7.25. The van der Waals surface area contributed by atoms with E-state index in [2.05, 4.69) is 58.4 Å². The fourth-order valence-corrected chi connectivity index (χ4v) is 3.00. The fourth-order valence-electron chi connectivity index (χ4n) is 3.00. The second-order valence-electron chi connectivity index (χ2n) is 5.60. The number of aromatic nitrogens is 1. The minimum atomic E-state index is -0.379. The maximum atomic E-state index is 10.3. The molecule has 0 fully saturated rings. The zero-order valence-corrected chi connectivity index (χ0v) is 12.9. The molecule has 0 aliphatic carbocycles. The molecule has 4 heteroatoms. The van der Waals surface area contributed by atoms with Gasteiger partial charge in [-0.3, -0.25) is 0 Å². The van der Waals surface area contributed by atoms with E-state index in [1.165, 1.54) is 21.8 Å². The van der Waals surface area contributed by atoms with E-state index in [0.717, 1.165) is 6.54 Å². The van der Waals surface area contributed by atoms with Gasteiger partial charge >= 0.3 is 0 Å². The number of methoxy groups -OCH3 is 1. The summed E-state index contributed by atoms with van der Waals surface area (Å²) in [6.45, 7) is 2.88. The minimum Gasteiger partial charge on any atom is -0.385 e. The molecule has 22 heavy (non-hydrogen) atoms. The van der Waals surface area contributed by atoms with Crippen molar-refractivity contribution in [1.29, 1.82) is 0 Å². The Bertz CT molecular complexity index is 698. The first-order valence-electron chi connectivity index (χ1n) is 7.76. The number of para-hydroxylation sites is 2. The third-order valence-electron chi connectivity index (χ3n) is 4.04. The van der Waals surface area contributed by atoms with Gasteiger partial charge in [0.05, 0.1) is 19.7 Å².